The molecule has 1 aromatic carbocycles. The minimum atomic E-state index is 0. The predicted octanol–water partition coefficient (Wildman–Crippen LogP) is 4.17. The highest BCUT2D eigenvalue weighted by atomic mass is 35.5. The van der Waals surface area contributed by atoms with E-state index in [2.05, 4.69) is 28.4 Å². The number of carbonyl (C=O) groups excluding carboxylic acids is 1. The number of benzene rings is 1. The molecule has 5 heteroatoms. The lowest BCUT2D eigenvalue weighted by molar-refractivity contribution is 0.0647. The summed E-state index contributed by atoms with van der Waals surface area (Å²) < 4.78 is 1.21. The van der Waals surface area contributed by atoms with Crippen LogP contribution in [-0.4, -0.2) is 37.0 Å². The van der Waals surface area contributed by atoms with E-state index in [0.717, 1.165) is 29.8 Å². The first-order valence-electron chi connectivity index (χ1n) is 8.80. The topological polar surface area (TPSA) is 32.3 Å². The summed E-state index contributed by atoms with van der Waals surface area (Å²) in [7, 11) is 0. The molecule has 4 rings (SSSR count). The second kappa shape index (κ2) is 7.85. The number of rotatable bonds is 2. The SMILES string of the molecule is Cl.O=C(c1cc2ccccc2s1)N1CCC(C2CCNCC2)CC1. The minimum absolute atomic E-state index is 0. The maximum Gasteiger partial charge on any atom is 0.263 e. The van der Waals surface area contributed by atoms with Crippen LogP contribution < -0.4 is 5.32 Å². The monoisotopic (exact) mass is 364 g/mol. The first-order chi connectivity index (χ1) is 11.3. The zero-order valence-corrected chi connectivity index (χ0v) is 15.5. The van der Waals surface area contributed by atoms with Crippen molar-refractivity contribution in [1.29, 1.82) is 0 Å². The highest BCUT2D eigenvalue weighted by Gasteiger charge is 2.29. The van der Waals surface area contributed by atoms with Crippen LogP contribution in [0.5, 0.6) is 0 Å². The van der Waals surface area contributed by atoms with Crippen molar-refractivity contribution in [2.45, 2.75) is 25.7 Å². The number of fused-ring (bicyclic) bond motifs is 1. The van der Waals surface area contributed by atoms with Crippen molar-refractivity contribution >= 4 is 39.7 Å². The zero-order valence-electron chi connectivity index (χ0n) is 13.9. The molecule has 0 aliphatic carbocycles. The number of nitrogens with zero attached hydrogens (tertiary/aromatic N) is 1. The lowest BCUT2D eigenvalue weighted by Gasteiger charge is -2.37. The highest BCUT2D eigenvalue weighted by Crippen LogP contribution is 2.32. The second-order valence-electron chi connectivity index (χ2n) is 6.87. The van der Waals surface area contributed by atoms with E-state index in [4.69, 9.17) is 0 Å². The first-order valence-corrected chi connectivity index (χ1v) is 9.61. The lowest BCUT2D eigenvalue weighted by Crippen LogP contribution is -2.41. The molecule has 2 saturated heterocycles. The molecule has 0 bridgehead atoms. The van der Waals surface area contributed by atoms with E-state index in [1.807, 2.05) is 12.1 Å². The number of halogens is 1. The average molecular weight is 365 g/mol. The van der Waals surface area contributed by atoms with Crippen LogP contribution in [0, 0.1) is 11.8 Å². The Labute approximate surface area is 153 Å². The van der Waals surface area contributed by atoms with E-state index < -0.39 is 0 Å². The van der Waals surface area contributed by atoms with Gasteiger partial charge in [-0.05, 0) is 68.1 Å². The van der Waals surface area contributed by atoms with Gasteiger partial charge in [0.05, 0.1) is 4.88 Å². The molecule has 2 aliphatic rings. The predicted molar refractivity (Wildman–Crippen MR) is 103 cm³/mol. The Morgan fingerprint density at radius 2 is 1.71 bits per heavy atom. The summed E-state index contributed by atoms with van der Waals surface area (Å²) in [6.45, 7) is 4.21. The van der Waals surface area contributed by atoms with Crippen LogP contribution in [0.1, 0.15) is 35.4 Å². The van der Waals surface area contributed by atoms with Gasteiger partial charge in [0, 0.05) is 17.8 Å². The van der Waals surface area contributed by atoms with Crippen LogP contribution in [0.2, 0.25) is 0 Å². The second-order valence-corrected chi connectivity index (χ2v) is 7.95. The van der Waals surface area contributed by atoms with Crippen molar-refractivity contribution in [3.05, 3.63) is 35.2 Å². The minimum Gasteiger partial charge on any atom is -0.338 e. The van der Waals surface area contributed by atoms with Gasteiger partial charge in [-0.25, -0.2) is 0 Å². The number of amides is 1. The third-order valence-corrected chi connectivity index (χ3v) is 6.62. The van der Waals surface area contributed by atoms with E-state index in [-0.39, 0.29) is 18.3 Å². The molecule has 3 nitrogen and oxygen atoms in total. The standard InChI is InChI=1S/C19H24N2OS.ClH/c22-19(18-13-16-3-1-2-4-17(16)23-18)21-11-7-15(8-12-21)14-5-9-20-10-6-14;/h1-4,13-15,20H,5-12H2;1H. The van der Waals surface area contributed by atoms with Crippen molar-refractivity contribution < 1.29 is 4.79 Å². The van der Waals surface area contributed by atoms with Gasteiger partial charge in [0.15, 0.2) is 0 Å². The summed E-state index contributed by atoms with van der Waals surface area (Å²) in [4.78, 5) is 15.7. The molecule has 1 amide bonds. The maximum atomic E-state index is 12.8. The Kier molecular flexibility index (Phi) is 5.80. The highest BCUT2D eigenvalue weighted by molar-refractivity contribution is 7.20. The van der Waals surface area contributed by atoms with Gasteiger partial charge in [-0.15, -0.1) is 23.7 Å². The van der Waals surface area contributed by atoms with Gasteiger partial charge in [0.25, 0.3) is 5.91 Å². The number of nitrogens with one attached hydrogen (secondary N) is 1. The van der Waals surface area contributed by atoms with E-state index in [1.165, 1.54) is 48.9 Å². The quantitative estimate of drug-likeness (QED) is 0.867. The molecule has 2 aromatic rings. The molecule has 2 aliphatic heterocycles. The number of thiophene rings is 1. The molecule has 3 heterocycles. The van der Waals surface area contributed by atoms with Crippen molar-refractivity contribution in [2.24, 2.45) is 11.8 Å². The Balaban J connectivity index is 0.00000169. The zero-order chi connectivity index (χ0) is 15.6. The number of piperidine rings is 2. The lowest BCUT2D eigenvalue weighted by atomic mass is 9.79. The van der Waals surface area contributed by atoms with E-state index >= 15 is 0 Å². The van der Waals surface area contributed by atoms with Gasteiger partial charge >= 0.3 is 0 Å². The third-order valence-electron chi connectivity index (χ3n) is 5.51. The summed E-state index contributed by atoms with van der Waals surface area (Å²) in [6.07, 6.45) is 4.99. The Morgan fingerprint density at radius 3 is 2.42 bits per heavy atom. The number of likely N-dealkylation sites (tertiary alicyclic amines) is 1. The Bertz CT molecular complexity index is 654. The maximum absolute atomic E-state index is 12.8. The van der Waals surface area contributed by atoms with Gasteiger partial charge in [0.2, 0.25) is 0 Å². The summed E-state index contributed by atoms with van der Waals surface area (Å²) >= 11 is 1.63. The van der Waals surface area contributed by atoms with Crippen LogP contribution in [0.15, 0.2) is 30.3 Å². The normalized spacial score (nSPS) is 20.1. The van der Waals surface area contributed by atoms with Crippen molar-refractivity contribution in [1.82, 2.24) is 10.2 Å². The van der Waals surface area contributed by atoms with Gasteiger partial charge in [-0.3, -0.25) is 4.79 Å². The molecule has 130 valence electrons. The number of hydrogen-bond donors (Lipinski definition) is 1. The third kappa shape index (κ3) is 3.61. The molecule has 1 aromatic heterocycles. The van der Waals surface area contributed by atoms with E-state index in [1.54, 1.807) is 11.3 Å². The Hall–Kier alpha value is -1.10. The smallest absolute Gasteiger partial charge is 0.263 e. The van der Waals surface area contributed by atoms with E-state index in [0.29, 0.717) is 0 Å². The first kappa shape index (κ1) is 17.7. The molecule has 0 unspecified atom stereocenters. The summed E-state index contributed by atoms with van der Waals surface area (Å²) in [5.41, 5.74) is 0. The fraction of sp³-hybridized carbons (Fsp3) is 0.526. The molecule has 0 atom stereocenters. The summed E-state index contributed by atoms with van der Waals surface area (Å²) in [5, 5.41) is 4.64. The van der Waals surface area contributed by atoms with Gasteiger partial charge in [0.1, 0.15) is 0 Å². The fourth-order valence-electron chi connectivity index (χ4n) is 4.13. The number of carbonyl (C=O) groups is 1. The van der Waals surface area contributed by atoms with Crippen LogP contribution >= 0.6 is 23.7 Å². The van der Waals surface area contributed by atoms with Crippen LogP contribution in [0.4, 0.5) is 0 Å². The van der Waals surface area contributed by atoms with Crippen LogP contribution in [-0.2, 0) is 0 Å². The molecule has 1 N–H and O–H groups in total. The Morgan fingerprint density at radius 1 is 1.04 bits per heavy atom. The summed E-state index contributed by atoms with van der Waals surface area (Å²) in [5.74, 6) is 1.93. The van der Waals surface area contributed by atoms with Crippen molar-refractivity contribution in [3.63, 3.8) is 0 Å². The van der Waals surface area contributed by atoms with Crippen molar-refractivity contribution in [3.8, 4) is 0 Å². The molecule has 0 spiro atoms. The molecule has 0 saturated carbocycles. The van der Waals surface area contributed by atoms with Crippen molar-refractivity contribution in [2.75, 3.05) is 26.2 Å². The van der Waals surface area contributed by atoms with E-state index in [9.17, 15) is 4.79 Å². The largest absolute Gasteiger partial charge is 0.338 e. The van der Waals surface area contributed by atoms with Crippen LogP contribution in [0.3, 0.4) is 0 Å². The molecule has 0 radical (unpaired) electrons. The van der Waals surface area contributed by atoms with Crippen LogP contribution in [0.25, 0.3) is 10.1 Å². The molecule has 24 heavy (non-hydrogen) atoms. The average Bonchev–Trinajstić information content (AvgIpc) is 3.06. The summed E-state index contributed by atoms with van der Waals surface area (Å²) in [6, 6.07) is 10.3. The van der Waals surface area contributed by atoms with Gasteiger partial charge in [-0.2, -0.15) is 0 Å². The van der Waals surface area contributed by atoms with Gasteiger partial charge in [-0.1, -0.05) is 18.2 Å². The molecular formula is C19H25ClN2OS. The molecule has 2 fully saturated rings. The fourth-order valence-corrected chi connectivity index (χ4v) is 5.16. The van der Waals surface area contributed by atoms with Gasteiger partial charge < -0.3 is 10.2 Å². The number of hydrogen-bond acceptors (Lipinski definition) is 3. The molecular weight excluding hydrogens is 340 g/mol.